The minimum absolute atomic E-state index is 0.146. The lowest BCUT2D eigenvalue weighted by atomic mass is 9.65. The van der Waals surface area contributed by atoms with Crippen molar-refractivity contribution in [1.82, 2.24) is 20.0 Å². The van der Waals surface area contributed by atoms with Crippen LogP contribution in [0.5, 0.6) is 0 Å². The fraction of sp³-hybridized carbons (Fsp3) is 0.227. The minimum atomic E-state index is -1.67. The molecule has 2 N–H and O–H groups in total. The molecule has 0 bridgehead atoms. The molecule has 0 unspecified atom stereocenters. The summed E-state index contributed by atoms with van der Waals surface area (Å²) in [4.78, 5) is 58.4. The zero-order valence-electron chi connectivity index (χ0n) is 16.3. The molecule has 5 heterocycles. The Labute approximate surface area is 175 Å². The molecule has 1 fully saturated rings. The lowest BCUT2D eigenvalue weighted by Gasteiger charge is -2.51. The molecular weight excluding hydrogens is 398 g/mol. The molecule has 0 radical (unpaired) electrons. The van der Waals surface area contributed by atoms with E-state index in [0.717, 1.165) is 11.1 Å². The molecule has 1 spiro atoms. The second kappa shape index (κ2) is 6.00. The van der Waals surface area contributed by atoms with E-state index in [4.69, 9.17) is 4.98 Å². The number of aromatic nitrogens is 2. The predicted molar refractivity (Wildman–Crippen MR) is 110 cm³/mol. The van der Waals surface area contributed by atoms with Crippen LogP contribution in [0.4, 0.5) is 10.6 Å². The molecule has 31 heavy (non-hydrogen) atoms. The molecule has 3 aromatic rings. The summed E-state index contributed by atoms with van der Waals surface area (Å²) in [5.74, 6) is -0.911. The number of amides is 4. The van der Waals surface area contributed by atoms with Crippen LogP contribution in [0.15, 0.2) is 53.5 Å². The van der Waals surface area contributed by atoms with E-state index in [1.807, 2.05) is 29.2 Å². The van der Waals surface area contributed by atoms with E-state index < -0.39 is 29.3 Å². The van der Waals surface area contributed by atoms with Crippen LogP contribution in [0.1, 0.15) is 22.7 Å². The highest BCUT2D eigenvalue weighted by Gasteiger charge is 2.62. The van der Waals surface area contributed by atoms with Gasteiger partial charge in [-0.1, -0.05) is 30.3 Å². The molecule has 1 saturated heterocycles. The second-order valence-electron chi connectivity index (χ2n) is 8.08. The molecule has 9 heteroatoms. The van der Waals surface area contributed by atoms with E-state index in [1.165, 1.54) is 4.40 Å². The second-order valence-corrected chi connectivity index (χ2v) is 8.08. The number of barbiturate groups is 1. The van der Waals surface area contributed by atoms with Crippen molar-refractivity contribution >= 4 is 29.3 Å². The zero-order chi connectivity index (χ0) is 21.3. The van der Waals surface area contributed by atoms with Crippen molar-refractivity contribution in [2.24, 2.45) is 5.41 Å². The summed E-state index contributed by atoms with van der Waals surface area (Å²) in [5.41, 5.74) is 0.651. The highest BCUT2D eigenvalue weighted by atomic mass is 16.2. The van der Waals surface area contributed by atoms with Crippen molar-refractivity contribution in [2.75, 3.05) is 11.4 Å². The van der Waals surface area contributed by atoms with Crippen LogP contribution in [-0.2, 0) is 22.4 Å². The van der Waals surface area contributed by atoms with Gasteiger partial charge in [0.05, 0.1) is 11.6 Å². The van der Waals surface area contributed by atoms with Gasteiger partial charge in [-0.3, -0.25) is 29.4 Å². The third-order valence-corrected chi connectivity index (χ3v) is 6.55. The number of carbonyl (C=O) groups excluding carboxylic acids is 3. The summed E-state index contributed by atoms with van der Waals surface area (Å²) >= 11 is 0. The first-order valence-corrected chi connectivity index (χ1v) is 10.0. The Morgan fingerprint density at radius 3 is 2.52 bits per heavy atom. The molecule has 4 amide bonds. The quantitative estimate of drug-likeness (QED) is 0.523. The molecule has 2 aromatic heterocycles. The van der Waals surface area contributed by atoms with Gasteiger partial charge < -0.3 is 4.90 Å². The van der Waals surface area contributed by atoms with E-state index in [-0.39, 0.29) is 12.0 Å². The molecule has 9 nitrogen and oxygen atoms in total. The van der Waals surface area contributed by atoms with Crippen LogP contribution < -0.4 is 21.1 Å². The van der Waals surface area contributed by atoms with Crippen molar-refractivity contribution in [3.8, 4) is 0 Å². The average Bonchev–Trinajstić information content (AvgIpc) is 2.77. The Balaban J connectivity index is 1.68. The van der Waals surface area contributed by atoms with Gasteiger partial charge in [-0.2, -0.15) is 0 Å². The van der Waals surface area contributed by atoms with Crippen LogP contribution in [0, 0.1) is 5.41 Å². The van der Waals surface area contributed by atoms with E-state index in [2.05, 4.69) is 10.6 Å². The van der Waals surface area contributed by atoms with Gasteiger partial charge in [-0.25, -0.2) is 9.78 Å². The maximum Gasteiger partial charge on any atom is 0.328 e. The molecule has 0 aliphatic carbocycles. The number of nitrogens with one attached hydrogen (secondary N) is 2. The highest BCUT2D eigenvalue weighted by molar-refractivity contribution is 6.20. The van der Waals surface area contributed by atoms with Gasteiger partial charge in [-0.15, -0.1) is 0 Å². The molecule has 154 valence electrons. The Kier molecular flexibility index (Phi) is 3.45. The van der Waals surface area contributed by atoms with E-state index in [9.17, 15) is 19.2 Å². The first-order chi connectivity index (χ1) is 15.0. The number of pyridine rings is 1. The van der Waals surface area contributed by atoms with Gasteiger partial charge in [0.15, 0.2) is 5.41 Å². The molecule has 0 saturated carbocycles. The Morgan fingerprint density at radius 2 is 1.71 bits per heavy atom. The molecule has 1 atom stereocenters. The van der Waals surface area contributed by atoms with E-state index in [0.29, 0.717) is 30.0 Å². The van der Waals surface area contributed by atoms with Gasteiger partial charge in [0.2, 0.25) is 11.8 Å². The summed E-state index contributed by atoms with van der Waals surface area (Å²) in [7, 11) is 0. The summed E-state index contributed by atoms with van der Waals surface area (Å²) in [6, 6.07) is 11.4. The number of nitrogens with zero attached hydrogens (tertiary/aromatic N) is 3. The van der Waals surface area contributed by atoms with Gasteiger partial charge in [0, 0.05) is 19.2 Å². The van der Waals surface area contributed by atoms with Crippen molar-refractivity contribution in [1.29, 1.82) is 0 Å². The zero-order valence-corrected chi connectivity index (χ0v) is 16.3. The molecule has 1 aromatic carbocycles. The number of rotatable bonds is 0. The number of fused-ring (bicyclic) bond motifs is 7. The van der Waals surface area contributed by atoms with E-state index >= 15 is 0 Å². The number of anilines is 1. The van der Waals surface area contributed by atoms with Crippen molar-refractivity contribution in [3.05, 3.63) is 75.7 Å². The summed E-state index contributed by atoms with van der Waals surface area (Å²) < 4.78 is 1.41. The lowest BCUT2D eigenvalue weighted by Crippen LogP contribution is -2.69. The Hall–Kier alpha value is -4.01. The van der Waals surface area contributed by atoms with Crippen molar-refractivity contribution in [3.63, 3.8) is 0 Å². The summed E-state index contributed by atoms with van der Waals surface area (Å²) in [6.07, 6.45) is 2.15. The number of carbonyl (C=O) groups is 3. The van der Waals surface area contributed by atoms with Gasteiger partial charge >= 0.3 is 6.03 Å². The van der Waals surface area contributed by atoms with Crippen molar-refractivity contribution in [2.45, 2.75) is 18.9 Å². The number of hydrogen-bond donors (Lipinski definition) is 2. The Morgan fingerprint density at radius 1 is 0.968 bits per heavy atom. The first-order valence-electron chi connectivity index (χ1n) is 10.0. The third-order valence-electron chi connectivity index (χ3n) is 6.55. The average molecular weight is 415 g/mol. The summed E-state index contributed by atoms with van der Waals surface area (Å²) in [6.45, 7) is 0.486. The van der Waals surface area contributed by atoms with Gasteiger partial charge in [-0.05, 0) is 29.7 Å². The topological polar surface area (TPSA) is 113 Å². The fourth-order valence-electron chi connectivity index (χ4n) is 5.18. The van der Waals surface area contributed by atoms with Gasteiger partial charge in [0.1, 0.15) is 11.5 Å². The molecular formula is C22H17N5O4. The maximum atomic E-state index is 13.4. The minimum Gasteiger partial charge on any atom is -0.347 e. The van der Waals surface area contributed by atoms with E-state index in [1.54, 1.807) is 24.4 Å². The number of benzene rings is 1. The lowest BCUT2D eigenvalue weighted by molar-refractivity contribution is -0.146. The monoisotopic (exact) mass is 415 g/mol. The smallest absolute Gasteiger partial charge is 0.328 e. The maximum absolute atomic E-state index is 13.4. The number of urea groups is 1. The van der Waals surface area contributed by atoms with Crippen LogP contribution >= 0.6 is 0 Å². The van der Waals surface area contributed by atoms with Crippen LogP contribution in [0.2, 0.25) is 0 Å². The number of hydrogen-bond acceptors (Lipinski definition) is 6. The molecule has 3 aliphatic heterocycles. The number of imide groups is 2. The van der Waals surface area contributed by atoms with Crippen LogP contribution in [0.25, 0.3) is 5.65 Å². The van der Waals surface area contributed by atoms with Gasteiger partial charge in [0.25, 0.3) is 5.56 Å². The first kappa shape index (κ1) is 17.8. The standard InChI is InChI=1S/C22H17N5O4/c28-18-14-11-22(19(29)24-21(31)25-20(22)30)16-13-6-2-1-5-12(13)8-10-27(16)17(14)23-15-7-3-4-9-26(15)18/h1-7,9,16H,8,10-11H2,(H2,24,25,29,30,31)/t16-/m1/s1. The normalized spacial score (nSPS) is 21.2. The Bertz CT molecular complexity index is 1360. The predicted octanol–water partition coefficient (Wildman–Crippen LogP) is 0.707. The highest BCUT2D eigenvalue weighted by Crippen LogP contribution is 2.51. The molecule has 3 aliphatic rings. The fourth-order valence-corrected chi connectivity index (χ4v) is 5.18. The largest absolute Gasteiger partial charge is 0.347 e. The molecule has 6 rings (SSSR count). The van der Waals surface area contributed by atoms with Crippen molar-refractivity contribution < 1.29 is 14.4 Å². The van der Waals surface area contributed by atoms with Crippen LogP contribution in [0.3, 0.4) is 0 Å². The van der Waals surface area contributed by atoms with Crippen LogP contribution in [-0.4, -0.2) is 33.8 Å². The summed E-state index contributed by atoms with van der Waals surface area (Å²) in [5, 5.41) is 4.51. The third kappa shape index (κ3) is 2.23. The SMILES string of the molecule is O=C1NC(=O)C2(Cc3c(nc4ccccn4c3=O)N3CCc4ccccc4[C@@H]32)C(=O)N1.